The van der Waals surface area contributed by atoms with E-state index in [4.69, 9.17) is 4.74 Å². The van der Waals surface area contributed by atoms with Crippen LogP contribution in [0.5, 0.6) is 5.75 Å². The molecule has 0 unspecified atom stereocenters. The summed E-state index contributed by atoms with van der Waals surface area (Å²) < 4.78 is 7.21. The molecule has 0 saturated carbocycles. The Morgan fingerprint density at radius 1 is 1.37 bits per heavy atom. The first-order valence-electron chi connectivity index (χ1n) is 6.22. The minimum atomic E-state index is -0.184. The summed E-state index contributed by atoms with van der Waals surface area (Å²) in [5, 5.41) is 2.74. The summed E-state index contributed by atoms with van der Waals surface area (Å²) in [6, 6.07) is 7.07. The number of hydrogen-bond acceptors (Lipinski definition) is 3. The van der Waals surface area contributed by atoms with Crippen molar-refractivity contribution in [2.24, 2.45) is 7.05 Å². The highest BCUT2D eigenvalue weighted by Gasteiger charge is 2.08. The molecular weight excluding hydrogens is 242 g/mol. The van der Waals surface area contributed by atoms with Gasteiger partial charge in [0.25, 0.3) is 5.91 Å². The first-order valence-corrected chi connectivity index (χ1v) is 6.22. The molecule has 19 heavy (non-hydrogen) atoms. The Hall–Kier alpha value is -2.30. The molecule has 0 aliphatic carbocycles. The van der Waals surface area contributed by atoms with E-state index in [2.05, 4.69) is 17.2 Å². The molecule has 0 aliphatic heterocycles. The third-order valence-corrected chi connectivity index (χ3v) is 2.64. The highest BCUT2D eigenvalue weighted by molar-refractivity contribution is 6.03. The van der Waals surface area contributed by atoms with E-state index in [0.29, 0.717) is 18.1 Å². The molecule has 1 aromatic carbocycles. The van der Waals surface area contributed by atoms with Gasteiger partial charge >= 0.3 is 0 Å². The Morgan fingerprint density at radius 2 is 2.11 bits per heavy atom. The van der Waals surface area contributed by atoms with Crippen LogP contribution in [-0.2, 0) is 7.05 Å². The van der Waals surface area contributed by atoms with E-state index in [-0.39, 0.29) is 5.91 Å². The molecule has 0 saturated heterocycles. The van der Waals surface area contributed by atoms with Gasteiger partial charge in [-0.25, -0.2) is 4.98 Å². The number of carbonyl (C=O) groups is 1. The number of imidazole rings is 1. The third kappa shape index (κ3) is 3.34. The number of carbonyl (C=O) groups excluding carboxylic acids is 1. The van der Waals surface area contributed by atoms with Gasteiger partial charge in [0.15, 0.2) is 0 Å². The second-order valence-electron chi connectivity index (χ2n) is 4.19. The van der Waals surface area contributed by atoms with Gasteiger partial charge in [0, 0.05) is 25.0 Å². The van der Waals surface area contributed by atoms with Crippen molar-refractivity contribution in [3.63, 3.8) is 0 Å². The Kier molecular flexibility index (Phi) is 4.18. The van der Waals surface area contributed by atoms with Crippen molar-refractivity contribution >= 4 is 11.9 Å². The summed E-state index contributed by atoms with van der Waals surface area (Å²) in [6.07, 6.45) is 4.37. The van der Waals surface area contributed by atoms with Gasteiger partial charge in [-0.15, -0.1) is 0 Å². The number of anilines is 1. The number of rotatable bonds is 5. The predicted molar refractivity (Wildman–Crippen MR) is 73.4 cm³/mol. The molecule has 0 spiro atoms. The van der Waals surface area contributed by atoms with E-state index in [1.807, 2.05) is 7.05 Å². The average Bonchev–Trinajstić information content (AvgIpc) is 2.82. The Balaban J connectivity index is 2.01. The smallest absolute Gasteiger partial charge is 0.257 e. The zero-order chi connectivity index (χ0) is 13.7. The minimum absolute atomic E-state index is 0.184. The van der Waals surface area contributed by atoms with Gasteiger partial charge < -0.3 is 9.30 Å². The molecule has 1 amide bonds. The van der Waals surface area contributed by atoms with E-state index in [1.54, 1.807) is 41.2 Å². The first kappa shape index (κ1) is 13.1. The van der Waals surface area contributed by atoms with Crippen LogP contribution in [0.1, 0.15) is 23.7 Å². The van der Waals surface area contributed by atoms with Gasteiger partial charge in [-0.3, -0.25) is 10.1 Å². The van der Waals surface area contributed by atoms with Gasteiger partial charge in [-0.2, -0.15) is 0 Å². The Bertz CT molecular complexity index is 546. The minimum Gasteiger partial charge on any atom is -0.494 e. The number of amides is 1. The van der Waals surface area contributed by atoms with Gasteiger partial charge in [0.05, 0.1) is 6.61 Å². The molecule has 0 radical (unpaired) electrons. The molecular formula is C14H17N3O2. The highest BCUT2D eigenvalue weighted by Crippen LogP contribution is 2.13. The standard InChI is InChI=1S/C14H17N3O2/c1-3-10-19-12-6-4-11(5-7-12)13(18)16-14-15-8-9-17(14)2/h4-9H,3,10H2,1-2H3,(H,15,16,18). The lowest BCUT2D eigenvalue weighted by Crippen LogP contribution is -2.14. The zero-order valence-electron chi connectivity index (χ0n) is 11.1. The van der Waals surface area contributed by atoms with E-state index in [9.17, 15) is 4.79 Å². The van der Waals surface area contributed by atoms with Crippen LogP contribution in [0, 0.1) is 0 Å². The monoisotopic (exact) mass is 259 g/mol. The zero-order valence-corrected chi connectivity index (χ0v) is 11.1. The number of nitrogens with one attached hydrogen (secondary N) is 1. The summed E-state index contributed by atoms with van der Waals surface area (Å²) in [6.45, 7) is 2.73. The van der Waals surface area contributed by atoms with Gasteiger partial charge in [-0.05, 0) is 30.7 Å². The summed E-state index contributed by atoms with van der Waals surface area (Å²) in [5.41, 5.74) is 0.576. The maximum atomic E-state index is 12.0. The summed E-state index contributed by atoms with van der Waals surface area (Å²) in [5.74, 6) is 1.11. The van der Waals surface area contributed by atoms with Crippen LogP contribution in [0.2, 0.25) is 0 Å². The highest BCUT2D eigenvalue weighted by atomic mass is 16.5. The fourth-order valence-electron chi connectivity index (χ4n) is 1.58. The number of ether oxygens (including phenoxy) is 1. The molecule has 0 fully saturated rings. The topological polar surface area (TPSA) is 56.1 Å². The molecule has 0 bridgehead atoms. The van der Waals surface area contributed by atoms with Gasteiger partial charge in [-0.1, -0.05) is 6.92 Å². The van der Waals surface area contributed by atoms with E-state index in [1.165, 1.54) is 0 Å². The van der Waals surface area contributed by atoms with Crippen molar-refractivity contribution in [3.8, 4) is 5.75 Å². The molecule has 0 aliphatic rings. The number of hydrogen-bond donors (Lipinski definition) is 1. The fourth-order valence-corrected chi connectivity index (χ4v) is 1.58. The summed E-state index contributed by atoms with van der Waals surface area (Å²) >= 11 is 0. The molecule has 2 rings (SSSR count). The summed E-state index contributed by atoms with van der Waals surface area (Å²) in [4.78, 5) is 16.0. The van der Waals surface area contributed by atoms with E-state index >= 15 is 0 Å². The lowest BCUT2D eigenvalue weighted by molar-refractivity contribution is 0.102. The molecule has 100 valence electrons. The van der Waals surface area contributed by atoms with Crippen molar-refractivity contribution < 1.29 is 9.53 Å². The quantitative estimate of drug-likeness (QED) is 0.897. The molecule has 1 aromatic heterocycles. The summed E-state index contributed by atoms with van der Waals surface area (Å²) in [7, 11) is 1.82. The van der Waals surface area contributed by atoms with Gasteiger partial charge in [0.2, 0.25) is 5.95 Å². The molecule has 1 N–H and O–H groups in total. The van der Waals surface area contributed by atoms with Crippen molar-refractivity contribution in [2.75, 3.05) is 11.9 Å². The number of aryl methyl sites for hydroxylation is 1. The maximum absolute atomic E-state index is 12.0. The number of benzene rings is 1. The molecule has 5 heteroatoms. The average molecular weight is 259 g/mol. The Morgan fingerprint density at radius 3 is 2.68 bits per heavy atom. The third-order valence-electron chi connectivity index (χ3n) is 2.64. The van der Waals surface area contributed by atoms with Crippen molar-refractivity contribution in [1.82, 2.24) is 9.55 Å². The van der Waals surface area contributed by atoms with Crippen LogP contribution >= 0.6 is 0 Å². The van der Waals surface area contributed by atoms with Crippen molar-refractivity contribution in [2.45, 2.75) is 13.3 Å². The van der Waals surface area contributed by atoms with Crippen LogP contribution in [-0.4, -0.2) is 22.1 Å². The predicted octanol–water partition coefficient (Wildman–Crippen LogP) is 2.46. The fraction of sp³-hybridized carbons (Fsp3) is 0.286. The van der Waals surface area contributed by atoms with Crippen LogP contribution in [0.4, 0.5) is 5.95 Å². The molecule has 2 aromatic rings. The largest absolute Gasteiger partial charge is 0.494 e. The van der Waals surface area contributed by atoms with Crippen LogP contribution in [0.15, 0.2) is 36.7 Å². The van der Waals surface area contributed by atoms with Crippen molar-refractivity contribution in [1.29, 1.82) is 0 Å². The SMILES string of the molecule is CCCOc1ccc(C(=O)Nc2nccn2C)cc1. The number of nitrogens with zero attached hydrogens (tertiary/aromatic N) is 2. The van der Waals surface area contributed by atoms with E-state index < -0.39 is 0 Å². The number of aromatic nitrogens is 2. The lowest BCUT2D eigenvalue weighted by Gasteiger charge is -2.07. The lowest BCUT2D eigenvalue weighted by atomic mass is 10.2. The molecule has 1 heterocycles. The molecule has 0 atom stereocenters. The normalized spacial score (nSPS) is 10.2. The van der Waals surface area contributed by atoms with Gasteiger partial charge in [0.1, 0.15) is 5.75 Å². The van der Waals surface area contributed by atoms with Crippen LogP contribution in [0.3, 0.4) is 0 Å². The van der Waals surface area contributed by atoms with Crippen LogP contribution < -0.4 is 10.1 Å². The van der Waals surface area contributed by atoms with E-state index in [0.717, 1.165) is 12.2 Å². The van der Waals surface area contributed by atoms with Crippen LogP contribution in [0.25, 0.3) is 0 Å². The maximum Gasteiger partial charge on any atom is 0.257 e. The molecule has 5 nitrogen and oxygen atoms in total. The second-order valence-corrected chi connectivity index (χ2v) is 4.19. The Labute approximate surface area is 112 Å². The first-order chi connectivity index (χ1) is 9.20. The second kappa shape index (κ2) is 6.04. The van der Waals surface area contributed by atoms with Crippen molar-refractivity contribution in [3.05, 3.63) is 42.2 Å².